The molecule has 0 amide bonds. The molecule has 0 atom stereocenters. The summed E-state index contributed by atoms with van der Waals surface area (Å²) >= 11 is 3.16. The summed E-state index contributed by atoms with van der Waals surface area (Å²) in [6, 6.07) is 6.38. The van der Waals surface area contributed by atoms with Crippen molar-refractivity contribution in [1.29, 1.82) is 0 Å². The van der Waals surface area contributed by atoms with Crippen LogP contribution in [0.2, 0.25) is 0 Å². The van der Waals surface area contributed by atoms with Crippen molar-refractivity contribution in [1.82, 2.24) is 8.14 Å². The zero-order valence-electron chi connectivity index (χ0n) is 6.05. The Morgan fingerprint density at radius 2 is 2.27 bits per heavy atom. The smallest absolute Gasteiger partial charge is 0.0695 e. The summed E-state index contributed by atoms with van der Waals surface area (Å²) in [7, 11) is 0. The number of aromatic nitrogens is 2. The molecule has 0 unspecified atom stereocenters. The number of hydrogen-bond acceptors (Lipinski definition) is 2. The first-order valence-electron chi connectivity index (χ1n) is 3.30. The Morgan fingerprint density at radius 3 is 3.18 bits per heavy atom. The minimum absolute atomic E-state index is 1.20. The van der Waals surface area contributed by atoms with Crippen LogP contribution < -0.4 is 0 Å². The Bertz CT molecular complexity index is 389. The van der Waals surface area contributed by atoms with Gasteiger partial charge in [-0.1, -0.05) is 6.07 Å². The zero-order valence-corrected chi connectivity index (χ0v) is 7.68. The zero-order chi connectivity index (χ0) is 7.68. The maximum atomic E-state index is 3.17. The molecule has 2 N–H and O–H groups in total. The van der Waals surface area contributed by atoms with Gasteiger partial charge in [-0.25, -0.2) is 0 Å². The summed E-state index contributed by atoms with van der Waals surface area (Å²) in [6.45, 7) is 2.10. The van der Waals surface area contributed by atoms with Crippen molar-refractivity contribution in [2.75, 3.05) is 0 Å². The van der Waals surface area contributed by atoms with Gasteiger partial charge in [-0.3, -0.25) is 8.14 Å². The molecule has 0 saturated heterocycles. The van der Waals surface area contributed by atoms with Crippen molar-refractivity contribution >= 4 is 33.5 Å². The highest BCUT2D eigenvalue weighted by Crippen LogP contribution is 2.16. The van der Waals surface area contributed by atoms with E-state index >= 15 is 0 Å². The number of rotatable bonds is 0. The fourth-order valence-electron chi connectivity index (χ4n) is 0.940. The van der Waals surface area contributed by atoms with Crippen molar-refractivity contribution in [3.05, 3.63) is 23.8 Å². The molecule has 1 aromatic heterocycles. The third kappa shape index (κ3) is 1.32. The molecule has 0 aliphatic rings. The lowest BCUT2D eigenvalue weighted by Crippen LogP contribution is -1.75. The molecular formula is C7H8N2S2. The van der Waals surface area contributed by atoms with Crippen LogP contribution in [0.25, 0.3) is 10.2 Å². The second-order valence-electron chi connectivity index (χ2n) is 2.39. The van der Waals surface area contributed by atoms with Crippen molar-refractivity contribution in [2.24, 2.45) is 0 Å². The van der Waals surface area contributed by atoms with Crippen LogP contribution in [0.3, 0.4) is 0 Å². The van der Waals surface area contributed by atoms with Gasteiger partial charge in [-0.05, 0) is 36.2 Å². The molecule has 4 heteroatoms. The molecular weight excluding hydrogens is 176 g/mol. The van der Waals surface area contributed by atoms with Crippen LogP contribution >= 0.6 is 23.3 Å². The van der Waals surface area contributed by atoms with Gasteiger partial charge in [0, 0.05) is 11.7 Å². The lowest BCUT2D eigenvalue weighted by molar-refractivity contribution is 1.49. The van der Waals surface area contributed by atoms with E-state index in [0.29, 0.717) is 0 Å². The Labute approximate surface area is 72.6 Å². The number of nitrogens with one attached hydrogen (secondary N) is 2. The maximum absolute atomic E-state index is 3.17. The average Bonchev–Trinajstić information content (AvgIpc) is 2.04. The molecule has 0 spiro atoms. The molecule has 0 aliphatic heterocycles. The molecule has 2 nitrogen and oxygen atoms in total. The normalized spacial score (nSPS) is 10.3. The fraction of sp³-hybridized carbons (Fsp3) is 0.143. The van der Waals surface area contributed by atoms with E-state index in [2.05, 4.69) is 33.3 Å². The topological polar surface area (TPSA) is 31.6 Å². The van der Waals surface area contributed by atoms with Crippen LogP contribution in [0.5, 0.6) is 0 Å². The first-order valence-corrected chi connectivity index (χ1v) is 4.94. The van der Waals surface area contributed by atoms with Gasteiger partial charge in [0.15, 0.2) is 0 Å². The maximum Gasteiger partial charge on any atom is 0.0695 e. The Hall–Kier alpha value is -0.740. The number of aromatic amines is 2. The molecule has 0 saturated carbocycles. The van der Waals surface area contributed by atoms with E-state index in [9.17, 15) is 0 Å². The molecule has 2 aromatic rings. The van der Waals surface area contributed by atoms with Gasteiger partial charge >= 0.3 is 0 Å². The second kappa shape index (κ2) is 2.71. The van der Waals surface area contributed by atoms with Crippen LogP contribution in [-0.2, 0) is 0 Å². The third-order valence-electron chi connectivity index (χ3n) is 1.49. The van der Waals surface area contributed by atoms with E-state index < -0.39 is 0 Å². The summed E-state index contributed by atoms with van der Waals surface area (Å²) in [4.78, 5) is 0. The Morgan fingerprint density at radius 1 is 1.36 bits per heavy atom. The van der Waals surface area contributed by atoms with E-state index in [0.717, 1.165) is 0 Å². The minimum atomic E-state index is 1.20. The third-order valence-corrected chi connectivity index (χ3v) is 3.04. The van der Waals surface area contributed by atoms with E-state index in [-0.39, 0.29) is 0 Å². The molecule has 0 aliphatic carbocycles. The van der Waals surface area contributed by atoms with E-state index in [1.54, 1.807) is 11.5 Å². The number of hydrogen-bond donors (Lipinski definition) is 2. The largest absolute Gasteiger partial charge is 0.295 e. The van der Waals surface area contributed by atoms with Gasteiger partial charge in [-0.15, -0.1) is 0 Å². The van der Waals surface area contributed by atoms with Gasteiger partial charge in [0.2, 0.25) is 0 Å². The van der Waals surface area contributed by atoms with Crippen molar-refractivity contribution in [3.8, 4) is 0 Å². The number of benzene rings is 1. The summed E-state index contributed by atoms with van der Waals surface area (Å²) in [5.74, 6) is 0. The highest BCUT2D eigenvalue weighted by atomic mass is 32.2. The first-order chi connectivity index (χ1) is 5.36. The van der Waals surface area contributed by atoms with Crippen molar-refractivity contribution in [2.45, 2.75) is 6.92 Å². The summed E-state index contributed by atoms with van der Waals surface area (Å²) < 4.78 is 7.53. The fourth-order valence-corrected chi connectivity index (χ4v) is 2.46. The standard InChI is InChI=1S/C7H8N2S2/c1-5-2-3-6-7(4-5)10-9-11-8-6/h2-4,8-9H,1H3. The SMILES string of the molecule is Cc1ccc2[nH]s[nH]sc2c1. The van der Waals surface area contributed by atoms with Gasteiger partial charge < -0.3 is 0 Å². The Kier molecular flexibility index (Phi) is 1.71. The van der Waals surface area contributed by atoms with Gasteiger partial charge in [0.05, 0.1) is 10.2 Å². The summed E-state index contributed by atoms with van der Waals surface area (Å²) in [5, 5.41) is 0. The highest BCUT2D eigenvalue weighted by Gasteiger charge is 1.91. The average molecular weight is 184 g/mol. The molecule has 2 rings (SSSR count). The molecule has 1 aromatic carbocycles. The lowest BCUT2D eigenvalue weighted by Gasteiger charge is -1.96. The van der Waals surface area contributed by atoms with Crippen LogP contribution in [0.4, 0.5) is 0 Å². The van der Waals surface area contributed by atoms with E-state index in [4.69, 9.17) is 0 Å². The van der Waals surface area contributed by atoms with Crippen LogP contribution in [0, 0.1) is 6.92 Å². The molecule has 58 valence electrons. The quantitative estimate of drug-likeness (QED) is 0.630. The van der Waals surface area contributed by atoms with Crippen molar-refractivity contribution in [3.63, 3.8) is 0 Å². The molecule has 0 radical (unpaired) electrons. The molecule has 0 bridgehead atoms. The van der Waals surface area contributed by atoms with Gasteiger partial charge in [0.1, 0.15) is 0 Å². The molecule has 11 heavy (non-hydrogen) atoms. The van der Waals surface area contributed by atoms with Gasteiger partial charge in [-0.2, -0.15) is 0 Å². The van der Waals surface area contributed by atoms with Crippen LogP contribution in [-0.4, -0.2) is 8.14 Å². The monoisotopic (exact) mass is 184 g/mol. The highest BCUT2D eigenvalue weighted by molar-refractivity contribution is 7.20. The number of fused-ring (bicyclic) bond motifs is 1. The van der Waals surface area contributed by atoms with Crippen LogP contribution in [0.1, 0.15) is 5.56 Å². The predicted octanol–water partition coefficient (Wildman–Crippen LogP) is 3.05. The second-order valence-corrected chi connectivity index (χ2v) is 4.11. The first kappa shape index (κ1) is 6.94. The van der Waals surface area contributed by atoms with E-state index in [1.165, 1.54) is 27.5 Å². The Balaban J connectivity index is 2.83. The number of H-pyrrole nitrogens is 2. The molecule has 1 heterocycles. The van der Waals surface area contributed by atoms with E-state index in [1.807, 2.05) is 0 Å². The van der Waals surface area contributed by atoms with Gasteiger partial charge in [0.25, 0.3) is 0 Å². The predicted molar refractivity (Wildman–Crippen MR) is 50.8 cm³/mol. The summed E-state index contributed by atoms with van der Waals surface area (Å²) in [6.07, 6.45) is 0. The van der Waals surface area contributed by atoms with Crippen molar-refractivity contribution < 1.29 is 0 Å². The molecule has 0 fully saturated rings. The lowest BCUT2D eigenvalue weighted by atomic mass is 10.2. The number of aryl methyl sites for hydroxylation is 1. The van der Waals surface area contributed by atoms with Crippen LogP contribution in [0.15, 0.2) is 18.2 Å². The summed E-state index contributed by atoms with van der Waals surface area (Å²) in [5.41, 5.74) is 2.50. The minimum Gasteiger partial charge on any atom is -0.295 e.